The van der Waals surface area contributed by atoms with Crippen LogP contribution in [0.4, 0.5) is 18.9 Å². The summed E-state index contributed by atoms with van der Waals surface area (Å²) < 4.78 is 48.1. The highest BCUT2D eigenvalue weighted by atomic mass is 19.2. The standard InChI is InChI=1S/C27H22F3N5O/c1-36-24-9-15(3-4-21(24)28)18-13-35(14-18)23-8-16(7-22(29)25(23)30)19-10-20(19)17-11-33-27(34-12-17)26-31-5-2-6-32-26/h2-9,11-12,18-20H,10,13-14H2,1H3/t19-,20+/m1/s1. The second kappa shape index (κ2) is 8.89. The van der Waals surface area contributed by atoms with Crippen LogP contribution in [0.2, 0.25) is 0 Å². The van der Waals surface area contributed by atoms with E-state index < -0.39 is 17.5 Å². The highest BCUT2D eigenvalue weighted by Crippen LogP contribution is 2.55. The molecule has 2 aromatic heterocycles. The van der Waals surface area contributed by atoms with Crippen molar-refractivity contribution in [2.45, 2.75) is 24.2 Å². The van der Waals surface area contributed by atoms with Gasteiger partial charge in [0.25, 0.3) is 0 Å². The van der Waals surface area contributed by atoms with Crippen LogP contribution in [0.3, 0.4) is 0 Å². The second-order valence-electron chi connectivity index (χ2n) is 9.19. The molecule has 0 N–H and O–H groups in total. The second-order valence-corrected chi connectivity index (χ2v) is 9.19. The van der Waals surface area contributed by atoms with Crippen molar-refractivity contribution < 1.29 is 17.9 Å². The first kappa shape index (κ1) is 22.5. The molecule has 0 bridgehead atoms. The van der Waals surface area contributed by atoms with Crippen LogP contribution in [0, 0.1) is 17.5 Å². The van der Waals surface area contributed by atoms with Gasteiger partial charge in [-0.3, -0.25) is 0 Å². The maximum Gasteiger partial charge on any atom is 0.197 e. The van der Waals surface area contributed by atoms with Crippen molar-refractivity contribution in [3.05, 3.63) is 95.3 Å². The molecule has 2 aromatic carbocycles. The van der Waals surface area contributed by atoms with Gasteiger partial charge in [-0.05, 0) is 65.3 Å². The van der Waals surface area contributed by atoms with Gasteiger partial charge in [-0.15, -0.1) is 0 Å². The van der Waals surface area contributed by atoms with Gasteiger partial charge in [-0.2, -0.15) is 0 Å². The highest BCUT2D eigenvalue weighted by molar-refractivity contribution is 5.56. The van der Waals surface area contributed by atoms with Gasteiger partial charge in [-0.1, -0.05) is 6.07 Å². The monoisotopic (exact) mass is 489 g/mol. The number of anilines is 1. The summed E-state index contributed by atoms with van der Waals surface area (Å²) in [5, 5.41) is 0. The van der Waals surface area contributed by atoms with Gasteiger partial charge in [0.15, 0.2) is 34.8 Å². The summed E-state index contributed by atoms with van der Waals surface area (Å²) in [5.74, 6) is -0.752. The third kappa shape index (κ3) is 4.04. The molecule has 1 aliphatic heterocycles. The summed E-state index contributed by atoms with van der Waals surface area (Å²) in [6.07, 6.45) is 7.58. The predicted octanol–water partition coefficient (Wildman–Crippen LogP) is 5.23. The molecule has 0 spiro atoms. The van der Waals surface area contributed by atoms with Crippen molar-refractivity contribution in [3.8, 4) is 17.4 Å². The largest absolute Gasteiger partial charge is 0.494 e. The lowest BCUT2D eigenvalue weighted by Gasteiger charge is -2.41. The number of aromatic nitrogens is 4. The molecule has 2 fully saturated rings. The maximum atomic E-state index is 14.7. The number of hydrogen-bond donors (Lipinski definition) is 0. The molecule has 1 aliphatic carbocycles. The Hall–Kier alpha value is -4.01. The number of benzene rings is 2. The van der Waals surface area contributed by atoms with Crippen LogP contribution in [0.15, 0.2) is 61.2 Å². The van der Waals surface area contributed by atoms with Crippen molar-refractivity contribution in [2.24, 2.45) is 0 Å². The van der Waals surface area contributed by atoms with Crippen LogP contribution in [-0.2, 0) is 0 Å². The van der Waals surface area contributed by atoms with Gasteiger partial charge in [0.2, 0.25) is 0 Å². The lowest BCUT2D eigenvalue weighted by molar-refractivity contribution is 0.384. The lowest BCUT2D eigenvalue weighted by atomic mass is 9.90. The number of ether oxygens (including phenoxy) is 1. The Morgan fingerprint density at radius 1 is 0.806 bits per heavy atom. The molecule has 1 saturated carbocycles. The van der Waals surface area contributed by atoms with Crippen LogP contribution in [0.1, 0.15) is 40.9 Å². The van der Waals surface area contributed by atoms with E-state index >= 15 is 0 Å². The van der Waals surface area contributed by atoms with Gasteiger partial charge >= 0.3 is 0 Å². The number of nitrogens with zero attached hydrogens (tertiary/aromatic N) is 5. The number of methoxy groups -OCH3 is 1. The third-order valence-corrected chi connectivity index (χ3v) is 6.98. The fourth-order valence-corrected chi connectivity index (χ4v) is 4.85. The van der Waals surface area contributed by atoms with E-state index in [1.807, 2.05) is 4.90 Å². The molecule has 2 atom stereocenters. The van der Waals surface area contributed by atoms with Gasteiger partial charge in [-0.25, -0.2) is 33.1 Å². The van der Waals surface area contributed by atoms with E-state index in [2.05, 4.69) is 19.9 Å². The van der Waals surface area contributed by atoms with E-state index in [1.54, 1.807) is 49.1 Å². The average molecular weight is 490 g/mol. The van der Waals surface area contributed by atoms with Crippen molar-refractivity contribution in [1.82, 2.24) is 19.9 Å². The molecule has 6 rings (SSSR count). The fraction of sp³-hybridized carbons (Fsp3) is 0.259. The van der Waals surface area contributed by atoms with E-state index in [1.165, 1.54) is 19.2 Å². The minimum absolute atomic E-state index is 0.0692. The number of halogens is 3. The molecular formula is C27H22F3N5O. The molecule has 36 heavy (non-hydrogen) atoms. The maximum absolute atomic E-state index is 14.7. The van der Waals surface area contributed by atoms with Crippen molar-refractivity contribution in [3.63, 3.8) is 0 Å². The van der Waals surface area contributed by atoms with Gasteiger partial charge < -0.3 is 9.64 Å². The molecule has 6 nitrogen and oxygen atoms in total. The number of rotatable bonds is 6. The van der Waals surface area contributed by atoms with Crippen molar-refractivity contribution >= 4 is 5.69 Å². The molecule has 0 amide bonds. The summed E-state index contributed by atoms with van der Waals surface area (Å²) >= 11 is 0. The normalized spacial score (nSPS) is 19.2. The van der Waals surface area contributed by atoms with Crippen LogP contribution < -0.4 is 9.64 Å². The molecule has 2 aliphatic rings. The molecule has 182 valence electrons. The highest BCUT2D eigenvalue weighted by Gasteiger charge is 2.41. The molecule has 0 unspecified atom stereocenters. The van der Waals surface area contributed by atoms with Crippen molar-refractivity contribution in [2.75, 3.05) is 25.1 Å². The molecule has 4 aromatic rings. The Balaban J connectivity index is 1.17. The Bertz CT molecular complexity index is 1410. The van der Waals surface area contributed by atoms with Crippen LogP contribution in [0.25, 0.3) is 11.6 Å². The first-order valence-electron chi connectivity index (χ1n) is 11.7. The minimum atomic E-state index is -0.854. The molecule has 9 heteroatoms. The van der Waals surface area contributed by atoms with E-state index in [0.29, 0.717) is 24.7 Å². The fourth-order valence-electron chi connectivity index (χ4n) is 4.85. The first-order valence-corrected chi connectivity index (χ1v) is 11.7. The Kier molecular flexibility index (Phi) is 5.55. The topological polar surface area (TPSA) is 64.0 Å². The zero-order valence-corrected chi connectivity index (χ0v) is 19.4. The van der Waals surface area contributed by atoms with E-state index in [9.17, 15) is 13.2 Å². The van der Waals surface area contributed by atoms with Gasteiger partial charge in [0.05, 0.1) is 12.8 Å². The van der Waals surface area contributed by atoms with Crippen LogP contribution in [0.5, 0.6) is 5.75 Å². The van der Waals surface area contributed by atoms with Gasteiger partial charge in [0, 0.05) is 43.8 Å². The smallest absolute Gasteiger partial charge is 0.197 e. The Labute approximate surface area is 205 Å². The Morgan fingerprint density at radius 2 is 1.50 bits per heavy atom. The molecular weight excluding hydrogens is 467 g/mol. The van der Waals surface area contributed by atoms with E-state index in [0.717, 1.165) is 23.1 Å². The summed E-state index contributed by atoms with van der Waals surface area (Å²) in [4.78, 5) is 18.9. The van der Waals surface area contributed by atoms with E-state index in [-0.39, 0.29) is 29.2 Å². The average Bonchev–Trinajstić information content (AvgIpc) is 3.68. The predicted molar refractivity (Wildman–Crippen MR) is 127 cm³/mol. The molecule has 1 saturated heterocycles. The zero-order chi connectivity index (χ0) is 24.8. The van der Waals surface area contributed by atoms with Crippen LogP contribution >= 0.6 is 0 Å². The molecule has 0 radical (unpaired) electrons. The first-order chi connectivity index (χ1) is 17.5. The zero-order valence-electron chi connectivity index (χ0n) is 19.4. The van der Waals surface area contributed by atoms with Crippen molar-refractivity contribution in [1.29, 1.82) is 0 Å². The summed E-state index contributed by atoms with van der Waals surface area (Å²) in [5.41, 5.74) is 2.87. The summed E-state index contributed by atoms with van der Waals surface area (Å²) in [6.45, 7) is 1.03. The molecule has 3 heterocycles. The van der Waals surface area contributed by atoms with Gasteiger partial charge in [0.1, 0.15) is 0 Å². The minimum Gasteiger partial charge on any atom is -0.494 e. The summed E-state index contributed by atoms with van der Waals surface area (Å²) in [7, 11) is 1.42. The Morgan fingerprint density at radius 3 is 2.22 bits per heavy atom. The summed E-state index contributed by atoms with van der Waals surface area (Å²) in [6, 6.07) is 9.50. The third-order valence-electron chi connectivity index (χ3n) is 6.98. The quantitative estimate of drug-likeness (QED) is 0.369. The number of hydrogen-bond acceptors (Lipinski definition) is 6. The lowest BCUT2D eigenvalue weighted by Crippen LogP contribution is -2.45. The van der Waals surface area contributed by atoms with E-state index in [4.69, 9.17) is 4.74 Å². The van der Waals surface area contributed by atoms with Crippen LogP contribution in [-0.4, -0.2) is 40.1 Å². The SMILES string of the molecule is COc1cc(C2CN(c3cc([C@H]4C[C@H]4c4cnc(-c5ncccn5)nc4)cc(F)c3F)C2)ccc1F.